The molecule has 0 atom stereocenters. The zero-order valence-electron chi connectivity index (χ0n) is 6.39. The van der Waals surface area contributed by atoms with Crippen LogP contribution in [0.1, 0.15) is 19.8 Å². The Morgan fingerprint density at radius 3 is 2.33 bits per heavy atom. The Labute approximate surface area is 57.1 Å². The summed E-state index contributed by atoms with van der Waals surface area (Å²) in [6, 6.07) is 0. The number of unbranched alkanes of at least 4 members (excludes halogenated alkanes) is 1. The molecule has 3 heteroatoms. The summed E-state index contributed by atoms with van der Waals surface area (Å²) >= 11 is 0. The highest BCUT2D eigenvalue weighted by molar-refractivity contribution is 7.57. The van der Waals surface area contributed by atoms with E-state index in [1.165, 1.54) is 0 Å². The van der Waals surface area contributed by atoms with E-state index in [4.69, 9.17) is 4.52 Å². The second-order valence-corrected chi connectivity index (χ2v) is 5.20. The van der Waals surface area contributed by atoms with Gasteiger partial charge in [-0.15, -0.1) is 0 Å². The van der Waals surface area contributed by atoms with Crippen LogP contribution < -0.4 is 0 Å². The van der Waals surface area contributed by atoms with Crippen molar-refractivity contribution in [2.75, 3.05) is 19.9 Å². The summed E-state index contributed by atoms with van der Waals surface area (Å²) in [5.41, 5.74) is 0. The van der Waals surface area contributed by atoms with Gasteiger partial charge in [-0.25, -0.2) is 0 Å². The van der Waals surface area contributed by atoms with Crippen molar-refractivity contribution in [3.05, 3.63) is 0 Å². The second-order valence-electron chi connectivity index (χ2n) is 2.44. The first kappa shape index (κ1) is 9.19. The molecule has 0 heterocycles. The summed E-state index contributed by atoms with van der Waals surface area (Å²) in [5, 5.41) is 0. The first-order valence-electron chi connectivity index (χ1n) is 3.26. The molecule has 0 aromatic heterocycles. The molecule has 0 fully saturated rings. The topological polar surface area (TPSA) is 26.3 Å². The van der Waals surface area contributed by atoms with Crippen LogP contribution in [0.3, 0.4) is 0 Å². The van der Waals surface area contributed by atoms with Crippen LogP contribution in [0.4, 0.5) is 0 Å². The standard InChI is InChI=1S/C6H15O2P/c1-4-5-6-8-9(2,3)7/h4-6H2,1-3H3. The van der Waals surface area contributed by atoms with Crippen LogP contribution in [0.15, 0.2) is 0 Å². The molecule has 0 radical (unpaired) electrons. The fourth-order valence-electron chi connectivity index (χ4n) is 0.429. The Bertz CT molecular complexity index is 106. The van der Waals surface area contributed by atoms with Gasteiger partial charge in [0, 0.05) is 13.3 Å². The summed E-state index contributed by atoms with van der Waals surface area (Å²) in [6.45, 7) is 6.01. The molecule has 56 valence electrons. The van der Waals surface area contributed by atoms with E-state index >= 15 is 0 Å². The van der Waals surface area contributed by atoms with E-state index in [1.807, 2.05) is 0 Å². The highest BCUT2D eigenvalue weighted by Crippen LogP contribution is 2.37. The molecule has 0 aromatic carbocycles. The molecule has 0 amide bonds. The molecule has 0 aromatic rings. The van der Waals surface area contributed by atoms with Crippen LogP contribution in [0.25, 0.3) is 0 Å². The predicted octanol–water partition coefficient (Wildman–Crippen LogP) is 2.34. The van der Waals surface area contributed by atoms with E-state index in [9.17, 15) is 4.57 Å². The van der Waals surface area contributed by atoms with Crippen LogP contribution in [0, 0.1) is 0 Å². The number of rotatable bonds is 4. The Hall–Kier alpha value is 0.190. The van der Waals surface area contributed by atoms with E-state index in [2.05, 4.69) is 6.92 Å². The van der Waals surface area contributed by atoms with Crippen molar-refractivity contribution in [2.45, 2.75) is 19.8 Å². The van der Waals surface area contributed by atoms with Crippen LogP contribution in [-0.4, -0.2) is 19.9 Å². The molecule has 2 nitrogen and oxygen atoms in total. The third kappa shape index (κ3) is 8.19. The molecule has 0 saturated carbocycles. The molecule has 0 aliphatic carbocycles. The fourth-order valence-corrected chi connectivity index (χ4v) is 0.998. The van der Waals surface area contributed by atoms with Gasteiger partial charge in [0.1, 0.15) is 0 Å². The lowest BCUT2D eigenvalue weighted by molar-refractivity contribution is 0.313. The molecule has 0 unspecified atom stereocenters. The van der Waals surface area contributed by atoms with Crippen LogP contribution >= 0.6 is 7.37 Å². The van der Waals surface area contributed by atoms with Crippen molar-refractivity contribution in [1.82, 2.24) is 0 Å². The molecule has 0 aliphatic rings. The van der Waals surface area contributed by atoms with Gasteiger partial charge >= 0.3 is 0 Å². The Morgan fingerprint density at radius 2 is 2.00 bits per heavy atom. The minimum Gasteiger partial charge on any atom is -0.329 e. The van der Waals surface area contributed by atoms with Crippen molar-refractivity contribution >= 4 is 7.37 Å². The van der Waals surface area contributed by atoms with Gasteiger partial charge in [-0.1, -0.05) is 13.3 Å². The van der Waals surface area contributed by atoms with E-state index in [-0.39, 0.29) is 0 Å². The summed E-state index contributed by atoms with van der Waals surface area (Å²) < 4.78 is 15.9. The molecule has 9 heavy (non-hydrogen) atoms. The van der Waals surface area contributed by atoms with Gasteiger partial charge in [0.15, 0.2) is 7.37 Å². The van der Waals surface area contributed by atoms with Crippen molar-refractivity contribution < 1.29 is 9.09 Å². The van der Waals surface area contributed by atoms with Crippen molar-refractivity contribution in [1.29, 1.82) is 0 Å². The first-order chi connectivity index (χ1) is 4.06. The lowest BCUT2D eigenvalue weighted by atomic mass is 10.4. The van der Waals surface area contributed by atoms with Gasteiger partial charge in [-0.3, -0.25) is 4.57 Å². The van der Waals surface area contributed by atoms with E-state index < -0.39 is 7.37 Å². The molecule has 0 rings (SSSR count). The number of hydrogen-bond donors (Lipinski definition) is 0. The van der Waals surface area contributed by atoms with Crippen molar-refractivity contribution in [3.8, 4) is 0 Å². The monoisotopic (exact) mass is 150 g/mol. The largest absolute Gasteiger partial charge is 0.329 e. The molecule has 0 aliphatic heterocycles. The summed E-state index contributed by atoms with van der Waals surface area (Å²) in [6.07, 6.45) is 2.10. The van der Waals surface area contributed by atoms with Crippen LogP contribution in [-0.2, 0) is 9.09 Å². The molecule has 0 spiro atoms. The predicted molar refractivity (Wildman–Crippen MR) is 40.3 cm³/mol. The molecule has 0 saturated heterocycles. The van der Waals surface area contributed by atoms with Crippen LogP contribution in [0.2, 0.25) is 0 Å². The maximum Gasteiger partial charge on any atom is 0.197 e. The van der Waals surface area contributed by atoms with E-state index in [1.54, 1.807) is 13.3 Å². The Morgan fingerprint density at radius 1 is 1.44 bits per heavy atom. The highest BCUT2D eigenvalue weighted by atomic mass is 31.2. The van der Waals surface area contributed by atoms with Gasteiger partial charge < -0.3 is 4.52 Å². The molecule has 0 bridgehead atoms. The Balaban J connectivity index is 3.18. The number of hydrogen-bond acceptors (Lipinski definition) is 2. The average molecular weight is 150 g/mol. The van der Waals surface area contributed by atoms with Gasteiger partial charge in [-0.05, 0) is 6.42 Å². The summed E-state index contributed by atoms with van der Waals surface area (Å²) in [7, 11) is -2.20. The van der Waals surface area contributed by atoms with Gasteiger partial charge in [0.25, 0.3) is 0 Å². The normalized spacial score (nSPS) is 11.9. The summed E-state index contributed by atoms with van der Waals surface area (Å²) in [5.74, 6) is 0. The third-order valence-electron chi connectivity index (χ3n) is 0.900. The zero-order valence-corrected chi connectivity index (χ0v) is 7.28. The fraction of sp³-hybridized carbons (Fsp3) is 1.00. The highest BCUT2D eigenvalue weighted by Gasteiger charge is 2.04. The summed E-state index contributed by atoms with van der Waals surface area (Å²) in [4.78, 5) is 0. The maximum absolute atomic E-state index is 10.9. The third-order valence-corrected chi connectivity index (χ3v) is 1.70. The minimum absolute atomic E-state index is 0.640. The SMILES string of the molecule is CCCCOP(C)(C)=O. The van der Waals surface area contributed by atoms with Gasteiger partial charge in [-0.2, -0.15) is 0 Å². The van der Waals surface area contributed by atoms with Gasteiger partial charge in [0.05, 0.1) is 6.61 Å². The molecular formula is C6H15O2P. The lowest BCUT2D eigenvalue weighted by Gasteiger charge is -2.05. The Kier molecular flexibility index (Phi) is 4.16. The second kappa shape index (κ2) is 4.08. The quantitative estimate of drug-likeness (QED) is 0.454. The molecular weight excluding hydrogens is 135 g/mol. The lowest BCUT2D eigenvalue weighted by Crippen LogP contribution is -1.89. The zero-order chi connectivity index (χ0) is 7.33. The molecule has 0 N–H and O–H groups in total. The van der Waals surface area contributed by atoms with E-state index in [0.29, 0.717) is 6.61 Å². The van der Waals surface area contributed by atoms with Crippen LogP contribution in [0.5, 0.6) is 0 Å². The van der Waals surface area contributed by atoms with Gasteiger partial charge in [0.2, 0.25) is 0 Å². The first-order valence-corrected chi connectivity index (χ1v) is 5.77. The minimum atomic E-state index is -2.20. The average Bonchev–Trinajstić information content (AvgIpc) is 1.63. The maximum atomic E-state index is 10.9. The smallest absolute Gasteiger partial charge is 0.197 e. The van der Waals surface area contributed by atoms with Crippen molar-refractivity contribution in [2.24, 2.45) is 0 Å². The van der Waals surface area contributed by atoms with E-state index in [0.717, 1.165) is 12.8 Å². The van der Waals surface area contributed by atoms with Crippen molar-refractivity contribution in [3.63, 3.8) is 0 Å².